The number of hydrogen-bond acceptors (Lipinski definition) is 3. The first kappa shape index (κ1) is 9.34. The smallest absolute Gasteiger partial charge is 0.0843 e. The average molecular weight is 245 g/mol. The second kappa shape index (κ2) is 3.88. The highest BCUT2D eigenvalue weighted by Gasteiger charge is 1.99. The third-order valence-electron chi connectivity index (χ3n) is 1.59. The van der Waals surface area contributed by atoms with Crippen molar-refractivity contribution in [2.75, 3.05) is 0 Å². The lowest BCUT2D eigenvalue weighted by Crippen LogP contribution is -1.69. The van der Waals surface area contributed by atoms with Gasteiger partial charge in [0.05, 0.1) is 0 Å². The van der Waals surface area contributed by atoms with Gasteiger partial charge in [0.15, 0.2) is 0 Å². The molecule has 0 spiro atoms. The van der Waals surface area contributed by atoms with E-state index >= 15 is 0 Å². The predicted molar refractivity (Wildman–Crippen MR) is 63.5 cm³/mol. The largest absolute Gasteiger partial charge is 0.102 e. The maximum absolute atomic E-state index is 5.79. The van der Waals surface area contributed by atoms with Gasteiger partial charge in [-0.25, -0.2) is 0 Å². The van der Waals surface area contributed by atoms with Gasteiger partial charge >= 0.3 is 0 Å². The minimum Gasteiger partial charge on any atom is -0.0843 e. The summed E-state index contributed by atoms with van der Waals surface area (Å²) < 4.78 is 0.940. The Morgan fingerprint density at radius 2 is 1.77 bits per heavy atom. The number of benzene rings is 1. The molecule has 2 aromatic rings. The third-order valence-corrected chi connectivity index (χ3v) is 4.75. The first-order valence-corrected chi connectivity index (χ1v) is 6.55. The predicted octanol–water partition coefficient (Wildman–Crippen LogP) is 4.86. The number of hydrogen-bond donors (Lipinski definition) is 0. The van der Waals surface area contributed by atoms with Crippen LogP contribution in [0.1, 0.15) is 0 Å². The van der Waals surface area contributed by atoms with Crippen LogP contribution in [0.2, 0.25) is 5.02 Å². The van der Waals surface area contributed by atoms with Gasteiger partial charge in [0, 0.05) is 9.90 Å². The zero-order valence-electron chi connectivity index (χ0n) is 6.49. The lowest BCUT2D eigenvalue weighted by Gasteiger charge is -1.95. The Bertz CT molecular complexity index is 452. The summed E-state index contributed by atoms with van der Waals surface area (Å²) in [5, 5.41) is 0.766. The highest BCUT2D eigenvalue weighted by Crippen LogP contribution is 2.29. The van der Waals surface area contributed by atoms with E-state index in [-0.39, 0.29) is 0 Å². The van der Waals surface area contributed by atoms with E-state index in [4.69, 9.17) is 23.8 Å². The first-order valence-electron chi connectivity index (χ1n) is 3.62. The highest BCUT2D eigenvalue weighted by atomic mass is 35.5. The van der Waals surface area contributed by atoms with Crippen LogP contribution >= 0.6 is 44.5 Å². The molecule has 0 aliphatic heterocycles. The Morgan fingerprint density at radius 3 is 2.31 bits per heavy atom. The van der Waals surface area contributed by atoms with Crippen molar-refractivity contribution in [3.63, 3.8) is 0 Å². The first-order chi connectivity index (χ1) is 6.25. The molecule has 0 bridgehead atoms. The van der Waals surface area contributed by atoms with E-state index in [1.807, 2.05) is 30.3 Å². The van der Waals surface area contributed by atoms with Gasteiger partial charge in [-0.1, -0.05) is 56.6 Å². The highest BCUT2D eigenvalue weighted by molar-refractivity contribution is 7.80. The molecule has 0 saturated heterocycles. The van der Waals surface area contributed by atoms with Crippen LogP contribution < -0.4 is 0 Å². The van der Waals surface area contributed by atoms with Crippen molar-refractivity contribution in [1.82, 2.24) is 0 Å². The second-order valence-electron chi connectivity index (χ2n) is 2.50. The van der Waals surface area contributed by atoms with Gasteiger partial charge in [-0.15, -0.1) is 0 Å². The monoisotopic (exact) mass is 244 g/mol. The molecule has 0 fully saturated rings. The topological polar surface area (TPSA) is 0 Å². The van der Waals surface area contributed by atoms with Crippen molar-refractivity contribution in [2.45, 2.75) is 0 Å². The normalized spacial score (nSPS) is 10.2. The fourth-order valence-corrected chi connectivity index (χ4v) is 3.52. The summed E-state index contributed by atoms with van der Waals surface area (Å²) >= 11 is 10.9. The molecule has 4 heteroatoms. The molecule has 0 unspecified atom stereocenters. The molecule has 1 aromatic carbocycles. The summed E-state index contributed by atoms with van der Waals surface area (Å²) in [6.07, 6.45) is 0. The summed E-state index contributed by atoms with van der Waals surface area (Å²) in [6.45, 7) is 0. The molecule has 0 aliphatic rings. The summed E-state index contributed by atoms with van der Waals surface area (Å²) in [6, 6.07) is 9.83. The average Bonchev–Trinajstić information content (AvgIpc) is 2.53. The molecule has 0 radical (unpaired) electrons. The lowest BCUT2D eigenvalue weighted by molar-refractivity contribution is 1.70. The Labute approximate surface area is 93.8 Å². The summed E-state index contributed by atoms with van der Waals surface area (Å²) in [5.74, 6) is 0. The van der Waals surface area contributed by atoms with Crippen LogP contribution in [0.15, 0.2) is 30.3 Å². The minimum atomic E-state index is 0.766. The Balaban J connectivity index is 2.47. The van der Waals surface area contributed by atoms with Gasteiger partial charge in [0.1, 0.15) is 3.82 Å². The van der Waals surface area contributed by atoms with Crippen LogP contribution in [0.3, 0.4) is 0 Å². The maximum Gasteiger partial charge on any atom is 0.102 e. The molecule has 0 aliphatic carbocycles. The van der Waals surface area contributed by atoms with Gasteiger partial charge in [0.2, 0.25) is 0 Å². The quantitative estimate of drug-likeness (QED) is 0.510. The molecule has 66 valence electrons. The fourth-order valence-electron chi connectivity index (χ4n) is 0.987. The molecule has 0 atom stereocenters. The van der Waals surface area contributed by atoms with Crippen molar-refractivity contribution in [3.8, 4) is 10.4 Å². The van der Waals surface area contributed by atoms with Crippen molar-refractivity contribution in [1.29, 1.82) is 0 Å². The molecule has 0 nitrogen and oxygen atoms in total. The standard InChI is InChI=1S/C9H5ClS3/c10-7-3-1-6(2-4-7)8-5-9(11)13-12-8/h1-5H. The molecule has 1 aromatic heterocycles. The number of rotatable bonds is 1. The van der Waals surface area contributed by atoms with Crippen molar-refractivity contribution in [3.05, 3.63) is 39.2 Å². The Hall–Kier alpha value is -0.220. The van der Waals surface area contributed by atoms with E-state index in [2.05, 4.69) is 0 Å². The van der Waals surface area contributed by atoms with Crippen LogP contribution in [-0.4, -0.2) is 0 Å². The zero-order valence-corrected chi connectivity index (χ0v) is 9.69. The zero-order chi connectivity index (χ0) is 9.26. The Morgan fingerprint density at radius 1 is 1.08 bits per heavy atom. The van der Waals surface area contributed by atoms with E-state index in [1.54, 1.807) is 20.7 Å². The fraction of sp³-hybridized carbons (Fsp3) is 0. The molecule has 13 heavy (non-hydrogen) atoms. The molecule has 0 N–H and O–H groups in total. The summed E-state index contributed by atoms with van der Waals surface area (Å²) in [7, 11) is 3.33. The lowest BCUT2D eigenvalue weighted by atomic mass is 10.2. The summed E-state index contributed by atoms with van der Waals surface area (Å²) in [4.78, 5) is 1.21. The van der Waals surface area contributed by atoms with E-state index in [1.165, 1.54) is 10.4 Å². The number of halogens is 1. The van der Waals surface area contributed by atoms with Gasteiger partial charge in [-0.05, 0) is 23.8 Å². The summed E-state index contributed by atoms with van der Waals surface area (Å²) in [5.41, 5.74) is 1.18. The van der Waals surface area contributed by atoms with E-state index in [0.29, 0.717) is 0 Å². The van der Waals surface area contributed by atoms with Crippen LogP contribution in [-0.2, 0) is 0 Å². The van der Waals surface area contributed by atoms with Crippen LogP contribution in [0.25, 0.3) is 10.4 Å². The van der Waals surface area contributed by atoms with Crippen molar-refractivity contribution >= 4 is 44.5 Å². The minimum absolute atomic E-state index is 0.766. The molecule has 1 heterocycles. The second-order valence-corrected chi connectivity index (χ2v) is 5.85. The maximum atomic E-state index is 5.79. The SMILES string of the molecule is S=c1cc(-c2ccc(Cl)cc2)ss1. The van der Waals surface area contributed by atoms with Crippen LogP contribution in [0.4, 0.5) is 0 Å². The van der Waals surface area contributed by atoms with E-state index in [9.17, 15) is 0 Å². The third kappa shape index (κ3) is 2.17. The van der Waals surface area contributed by atoms with Gasteiger partial charge in [-0.3, -0.25) is 0 Å². The molecule has 0 saturated carbocycles. The van der Waals surface area contributed by atoms with Crippen molar-refractivity contribution < 1.29 is 0 Å². The van der Waals surface area contributed by atoms with Crippen LogP contribution in [0.5, 0.6) is 0 Å². The Kier molecular flexibility index (Phi) is 2.79. The molecular weight excluding hydrogens is 240 g/mol. The van der Waals surface area contributed by atoms with E-state index in [0.717, 1.165) is 8.85 Å². The van der Waals surface area contributed by atoms with E-state index < -0.39 is 0 Å². The molecular formula is C9H5ClS3. The van der Waals surface area contributed by atoms with Gasteiger partial charge in [-0.2, -0.15) is 0 Å². The molecule has 2 rings (SSSR count). The molecule has 0 amide bonds. The van der Waals surface area contributed by atoms with Gasteiger partial charge in [0.25, 0.3) is 0 Å². The van der Waals surface area contributed by atoms with Gasteiger partial charge < -0.3 is 0 Å². The van der Waals surface area contributed by atoms with Crippen LogP contribution in [0, 0.1) is 3.82 Å². The van der Waals surface area contributed by atoms with Crippen molar-refractivity contribution in [2.24, 2.45) is 0 Å².